The van der Waals surface area contributed by atoms with Gasteiger partial charge in [0, 0.05) is 18.5 Å². The normalized spacial score (nSPS) is 17.8. The molecule has 0 bridgehead atoms. The van der Waals surface area contributed by atoms with Crippen LogP contribution in [0, 0.1) is 0 Å². The predicted molar refractivity (Wildman–Crippen MR) is 79.8 cm³/mol. The summed E-state index contributed by atoms with van der Waals surface area (Å²) in [5, 5.41) is 8.28. The third-order valence-corrected chi connectivity index (χ3v) is 4.22. The quantitative estimate of drug-likeness (QED) is 0.863. The minimum atomic E-state index is -0.153. The molecule has 2 aromatic rings. The Balaban J connectivity index is 1.62. The van der Waals surface area contributed by atoms with E-state index < -0.39 is 0 Å². The minimum absolute atomic E-state index is 0.152. The van der Waals surface area contributed by atoms with Crippen molar-refractivity contribution in [2.24, 2.45) is 0 Å². The zero-order chi connectivity index (χ0) is 15.8. The summed E-state index contributed by atoms with van der Waals surface area (Å²) >= 11 is 0. The molecule has 1 amide bonds. The number of rotatable bonds is 4. The van der Waals surface area contributed by atoms with E-state index in [1.807, 2.05) is 30.0 Å². The van der Waals surface area contributed by atoms with Crippen LogP contribution in [0.4, 0.5) is 0 Å². The fourth-order valence-corrected chi connectivity index (χ4v) is 3.04. The molecular weight excluding hydrogens is 298 g/mol. The van der Waals surface area contributed by atoms with Crippen LogP contribution in [0.5, 0.6) is 11.5 Å². The van der Waals surface area contributed by atoms with Crippen LogP contribution < -0.4 is 9.47 Å². The molecule has 1 aromatic heterocycles. The summed E-state index contributed by atoms with van der Waals surface area (Å²) in [6.07, 6.45) is 2.23. The van der Waals surface area contributed by atoms with Gasteiger partial charge in [0.05, 0.1) is 0 Å². The molecule has 7 heteroatoms. The Morgan fingerprint density at radius 2 is 2.13 bits per heavy atom. The van der Waals surface area contributed by atoms with E-state index in [0.29, 0.717) is 29.7 Å². The highest BCUT2D eigenvalue weighted by atomic mass is 16.7. The van der Waals surface area contributed by atoms with E-state index in [0.717, 1.165) is 24.9 Å². The summed E-state index contributed by atoms with van der Waals surface area (Å²) in [6, 6.07) is 5.34. The molecule has 0 spiro atoms. The van der Waals surface area contributed by atoms with E-state index in [-0.39, 0.29) is 18.7 Å². The monoisotopic (exact) mass is 315 g/mol. The van der Waals surface area contributed by atoms with Crippen molar-refractivity contribution in [2.75, 3.05) is 13.3 Å². The molecule has 4 rings (SSSR count). The van der Waals surface area contributed by atoms with Gasteiger partial charge < -0.3 is 18.8 Å². The summed E-state index contributed by atoms with van der Waals surface area (Å²) < 4.78 is 16.5. The first-order chi connectivity index (χ1) is 11.3. The molecule has 0 N–H and O–H groups in total. The van der Waals surface area contributed by atoms with Crippen molar-refractivity contribution in [3.63, 3.8) is 0 Å². The smallest absolute Gasteiger partial charge is 0.247 e. The molecule has 1 fully saturated rings. The van der Waals surface area contributed by atoms with Gasteiger partial charge in [-0.1, -0.05) is 6.92 Å². The first kappa shape index (κ1) is 14.0. The number of benzene rings is 1. The van der Waals surface area contributed by atoms with E-state index in [9.17, 15) is 4.79 Å². The van der Waals surface area contributed by atoms with Crippen molar-refractivity contribution in [3.8, 4) is 23.0 Å². The van der Waals surface area contributed by atoms with Crippen LogP contribution in [0.25, 0.3) is 11.5 Å². The molecule has 1 saturated heterocycles. The van der Waals surface area contributed by atoms with Crippen LogP contribution in [0.15, 0.2) is 22.6 Å². The maximum absolute atomic E-state index is 12.0. The Bertz CT molecular complexity index is 743. The Morgan fingerprint density at radius 3 is 2.91 bits per heavy atom. The van der Waals surface area contributed by atoms with Gasteiger partial charge in [0.15, 0.2) is 11.5 Å². The first-order valence-corrected chi connectivity index (χ1v) is 7.79. The minimum Gasteiger partial charge on any atom is -0.454 e. The third-order valence-electron chi connectivity index (χ3n) is 4.22. The van der Waals surface area contributed by atoms with E-state index >= 15 is 0 Å². The number of fused-ring (bicyclic) bond motifs is 1. The Kier molecular flexibility index (Phi) is 3.40. The second-order valence-electron chi connectivity index (χ2n) is 5.63. The summed E-state index contributed by atoms with van der Waals surface area (Å²) in [7, 11) is 0. The fourth-order valence-electron chi connectivity index (χ4n) is 3.04. The molecule has 0 aliphatic carbocycles. The maximum atomic E-state index is 12.0. The van der Waals surface area contributed by atoms with Gasteiger partial charge in [-0.2, -0.15) is 0 Å². The molecule has 0 radical (unpaired) electrons. The highest BCUT2D eigenvalue weighted by Gasteiger charge is 2.31. The number of hydrogen-bond acceptors (Lipinski definition) is 6. The molecule has 3 heterocycles. The van der Waals surface area contributed by atoms with E-state index in [2.05, 4.69) is 10.2 Å². The zero-order valence-electron chi connectivity index (χ0n) is 12.8. The van der Waals surface area contributed by atoms with Gasteiger partial charge in [0.25, 0.3) is 0 Å². The lowest BCUT2D eigenvalue weighted by Crippen LogP contribution is -2.29. The summed E-state index contributed by atoms with van der Waals surface area (Å²) in [5.74, 6) is 2.44. The van der Waals surface area contributed by atoms with Crippen molar-refractivity contribution in [2.45, 2.75) is 32.2 Å². The number of amides is 1. The molecule has 120 valence electrons. The Hall–Kier alpha value is -2.57. The van der Waals surface area contributed by atoms with Crippen LogP contribution in [0.3, 0.4) is 0 Å². The van der Waals surface area contributed by atoms with E-state index in [1.54, 1.807) is 0 Å². The number of carbonyl (C=O) groups excluding carboxylic acids is 1. The fraction of sp³-hybridized carbons (Fsp3) is 0.438. The standard InChI is InChI=1S/C16H17N3O4/c1-2-11(19-7-3-4-14(19)20)16-18-17-15(23-16)10-5-6-12-13(8-10)22-9-21-12/h5-6,8,11H,2-4,7,9H2,1H3/t11-/m0/s1. The van der Waals surface area contributed by atoms with Crippen LogP contribution in [0.1, 0.15) is 38.1 Å². The summed E-state index contributed by atoms with van der Waals surface area (Å²) in [4.78, 5) is 13.8. The van der Waals surface area contributed by atoms with Crippen molar-refractivity contribution in [1.29, 1.82) is 0 Å². The highest BCUT2D eigenvalue weighted by molar-refractivity contribution is 5.78. The summed E-state index contributed by atoms with van der Waals surface area (Å²) in [5.41, 5.74) is 0.774. The lowest BCUT2D eigenvalue weighted by molar-refractivity contribution is -0.130. The second-order valence-corrected chi connectivity index (χ2v) is 5.63. The number of ether oxygens (including phenoxy) is 2. The van der Waals surface area contributed by atoms with Gasteiger partial charge in [-0.3, -0.25) is 4.79 Å². The average molecular weight is 315 g/mol. The topological polar surface area (TPSA) is 77.7 Å². The summed E-state index contributed by atoms with van der Waals surface area (Å²) in [6.45, 7) is 2.99. The molecule has 1 aromatic carbocycles. The third kappa shape index (κ3) is 2.42. The molecule has 1 atom stereocenters. The lowest BCUT2D eigenvalue weighted by Gasteiger charge is -2.23. The zero-order valence-corrected chi connectivity index (χ0v) is 12.8. The van der Waals surface area contributed by atoms with E-state index in [4.69, 9.17) is 13.9 Å². The van der Waals surface area contributed by atoms with Gasteiger partial charge in [-0.15, -0.1) is 10.2 Å². The van der Waals surface area contributed by atoms with Crippen molar-refractivity contribution in [1.82, 2.24) is 15.1 Å². The molecule has 2 aliphatic rings. The van der Waals surface area contributed by atoms with Crippen molar-refractivity contribution in [3.05, 3.63) is 24.1 Å². The number of aromatic nitrogens is 2. The number of carbonyl (C=O) groups is 1. The first-order valence-electron chi connectivity index (χ1n) is 7.79. The van der Waals surface area contributed by atoms with Gasteiger partial charge in [0.2, 0.25) is 24.5 Å². The van der Waals surface area contributed by atoms with Crippen LogP contribution in [0.2, 0.25) is 0 Å². The largest absolute Gasteiger partial charge is 0.454 e. The highest BCUT2D eigenvalue weighted by Crippen LogP contribution is 2.36. The lowest BCUT2D eigenvalue weighted by atomic mass is 10.2. The molecule has 7 nitrogen and oxygen atoms in total. The van der Waals surface area contributed by atoms with Crippen molar-refractivity contribution >= 4 is 5.91 Å². The van der Waals surface area contributed by atoms with Crippen LogP contribution in [-0.2, 0) is 4.79 Å². The van der Waals surface area contributed by atoms with Gasteiger partial charge >= 0.3 is 0 Å². The SMILES string of the molecule is CC[C@@H](c1nnc(-c2ccc3c(c2)OCO3)o1)N1CCCC1=O. The Labute approximate surface area is 133 Å². The van der Waals surface area contributed by atoms with Crippen molar-refractivity contribution < 1.29 is 18.7 Å². The molecule has 0 saturated carbocycles. The predicted octanol–water partition coefficient (Wildman–Crippen LogP) is 2.54. The Morgan fingerprint density at radius 1 is 1.26 bits per heavy atom. The van der Waals surface area contributed by atoms with Gasteiger partial charge in [0.1, 0.15) is 6.04 Å². The van der Waals surface area contributed by atoms with E-state index in [1.165, 1.54) is 0 Å². The molecule has 2 aliphatic heterocycles. The average Bonchev–Trinajstić information content (AvgIpc) is 3.29. The number of nitrogens with zero attached hydrogens (tertiary/aromatic N) is 3. The number of hydrogen-bond donors (Lipinski definition) is 0. The maximum Gasteiger partial charge on any atom is 0.247 e. The molecular formula is C16H17N3O4. The molecule has 0 unspecified atom stereocenters. The molecule has 23 heavy (non-hydrogen) atoms. The van der Waals surface area contributed by atoms with Gasteiger partial charge in [-0.05, 0) is 31.0 Å². The van der Waals surface area contributed by atoms with Gasteiger partial charge in [-0.25, -0.2) is 0 Å². The van der Waals surface area contributed by atoms with Crippen LogP contribution >= 0.6 is 0 Å². The van der Waals surface area contributed by atoms with Crippen LogP contribution in [-0.4, -0.2) is 34.3 Å². The number of likely N-dealkylation sites (tertiary alicyclic amines) is 1. The second kappa shape index (κ2) is 5.57.